The van der Waals surface area contributed by atoms with Gasteiger partial charge in [-0.3, -0.25) is 4.90 Å². The van der Waals surface area contributed by atoms with Crippen LogP contribution in [-0.2, 0) is 9.16 Å². The summed E-state index contributed by atoms with van der Waals surface area (Å²) in [5.41, 5.74) is -0.105. The van der Waals surface area contributed by atoms with Gasteiger partial charge in [0.15, 0.2) is 0 Å². The lowest BCUT2D eigenvalue weighted by molar-refractivity contribution is -0.0621. The summed E-state index contributed by atoms with van der Waals surface area (Å²) >= 11 is 0. The largest absolute Gasteiger partial charge is 0.449 e. The van der Waals surface area contributed by atoms with Crippen LogP contribution in [0.2, 0.25) is 5.04 Å². The lowest BCUT2D eigenvalue weighted by Crippen LogP contribution is -2.68. The number of carbonyl (C=O) groups excluding carboxylic acids is 1. The number of hydrogen-bond donors (Lipinski definition) is 0. The highest BCUT2D eigenvalue weighted by molar-refractivity contribution is 6.99. The zero-order valence-corrected chi connectivity index (χ0v) is 22.0. The summed E-state index contributed by atoms with van der Waals surface area (Å²) in [6.45, 7) is 8.27. The lowest BCUT2D eigenvalue weighted by Gasteiger charge is -2.54. The van der Waals surface area contributed by atoms with E-state index >= 15 is 0 Å². The Labute approximate surface area is 205 Å². The number of fused-ring (bicyclic) bond motifs is 2. The average Bonchev–Trinajstić information content (AvgIpc) is 3.22. The summed E-state index contributed by atoms with van der Waals surface area (Å²) in [4.78, 5) is 15.2. The average molecular weight is 478 g/mol. The number of cyclic esters (lactones) is 1. The van der Waals surface area contributed by atoms with Gasteiger partial charge in [-0.05, 0) is 47.5 Å². The molecule has 1 saturated carbocycles. The molecule has 5 heteroatoms. The number of ether oxygens (including phenoxy) is 1. The van der Waals surface area contributed by atoms with E-state index in [1.54, 1.807) is 0 Å². The Morgan fingerprint density at radius 2 is 1.53 bits per heavy atom. The number of amides is 1. The minimum absolute atomic E-state index is 0.0410. The van der Waals surface area contributed by atoms with Gasteiger partial charge in [-0.1, -0.05) is 87.9 Å². The highest BCUT2D eigenvalue weighted by Gasteiger charge is 2.56. The molecular weight excluding hydrogens is 438 g/mol. The van der Waals surface area contributed by atoms with Crippen molar-refractivity contribution >= 4 is 24.8 Å². The Hall–Kier alpha value is -2.11. The first-order chi connectivity index (χ1) is 16.4. The molecule has 3 atom stereocenters. The van der Waals surface area contributed by atoms with Gasteiger partial charge in [-0.15, -0.1) is 0 Å². The van der Waals surface area contributed by atoms with Gasteiger partial charge >= 0.3 is 6.09 Å². The molecule has 1 amide bonds. The van der Waals surface area contributed by atoms with Crippen molar-refractivity contribution in [1.29, 1.82) is 0 Å². The molecule has 182 valence electrons. The molecule has 0 unspecified atom stereocenters. The summed E-state index contributed by atoms with van der Waals surface area (Å²) in [7, 11) is -2.59. The van der Waals surface area contributed by atoms with Crippen LogP contribution in [0.5, 0.6) is 0 Å². The molecule has 2 aromatic carbocycles. The van der Waals surface area contributed by atoms with Crippen molar-refractivity contribution in [1.82, 2.24) is 4.90 Å². The van der Waals surface area contributed by atoms with E-state index in [0.29, 0.717) is 25.2 Å². The van der Waals surface area contributed by atoms with E-state index < -0.39 is 8.32 Å². The molecule has 2 heterocycles. The molecule has 2 saturated heterocycles. The van der Waals surface area contributed by atoms with E-state index in [9.17, 15) is 4.79 Å². The summed E-state index contributed by atoms with van der Waals surface area (Å²) in [5, 5.41) is 2.60. The second-order valence-electron chi connectivity index (χ2n) is 11.5. The highest BCUT2D eigenvalue weighted by Crippen LogP contribution is 2.50. The smallest absolute Gasteiger partial charge is 0.410 e. The second-order valence-corrected chi connectivity index (χ2v) is 15.8. The molecule has 2 aliphatic heterocycles. The van der Waals surface area contributed by atoms with Crippen LogP contribution in [0.15, 0.2) is 60.7 Å². The summed E-state index contributed by atoms with van der Waals surface area (Å²) < 4.78 is 12.9. The van der Waals surface area contributed by atoms with Gasteiger partial charge in [-0.25, -0.2) is 4.79 Å². The zero-order valence-electron chi connectivity index (χ0n) is 21.0. The van der Waals surface area contributed by atoms with Crippen LogP contribution in [0.1, 0.15) is 65.7 Å². The molecule has 1 aliphatic carbocycles. The minimum atomic E-state index is -2.59. The van der Waals surface area contributed by atoms with Crippen LogP contribution in [-0.4, -0.2) is 44.1 Å². The monoisotopic (exact) mass is 477 g/mol. The van der Waals surface area contributed by atoms with E-state index in [2.05, 4.69) is 86.3 Å². The molecule has 0 aromatic heterocycles. The van der Waals surface area contributed by atoms with Crippen molar-refractivity contribution in [2.24, 2.45) is 5.92 Å². The maximum absolute atomic E-state index is 13.0. The Bertz CT molecular complexity index is 948. The van der Waals surface area contributed by atoms with Crippen molar-refractivity contribution in [3.05, 3.63) is 60.7 Å². The number of rotatable bonds is 5. The molecular formula is C29H39NO3Si. The molecule has 5 rings (SSSR count). The Balaban J connectivity index is 1.52. The maximum Gasteiger partial charge on any atom is 0.410 e. The fraction of sp³-hybridized carbons (Fsp3) is 0.552. The SMILES string of the molecule is CC(C)(C)[Si](OC[C@H]1CCC[C@]12CCC[C@@H]1CCOC(=O)N12)(c1ccccc1)c1ccccc1. The molecule has 0 N–H and O–H groups in total. The predicted octanol–water partition coefficient (Wildman–Crippen LogP) is 5.50. The van der Waals surface area contributed by atoms with Crippen molar-refractivity contribution in [3.63, 3.8) is 0 Å². The van der Waals surface area contributed by atoms with Crippen LogP contribution >= 0.6 is 0 Å². The third-order valence-corrected chi connectivity index (χ3v) is 13.7. The Morgan fingerprint density at radius 1 is 0.941 bits per heavy atom. The third kappa shape index (κ3) is 3.81. The molecule has 4 nitrogen and oxygen atoms in total. The standard InChI is InChI=1S/C29H39NO3Si/c1-28(2,3)34(25-14-6-4-7-15-25,26-16-8-5-9-17-26)33-22-23-12-10-19-29(23)20-11-13-24-18-21-32-27(31)30(24)29/h4-9,14-17,23-24H,10-13,18-22H2,1-3H3/t23-,24-,29+/m1/s1. The van der Waals surface area contributed by atoms with E-state index in [0.717, 1.165) is 38.5 Å². The van der Waals surface area contributed by atoms with Gasteiger partial charge in [0.1, 0.15) is 0 Å². The summed E-state index contributed by atoms with van der Waals surface area (Å²) in [6.07, 6.45) is 7.62. The van der Waals surface area contributed by atoms with Crippen LogP contribution in [0.3, 0.4) is 0 Å². The minimum Gasteiger partial charge on any atom is -0.449 e. The second kappa shape index (κ2) is 9.16. The van der Waals surface area contributed by atoms with Crippen LogP contribution < -0.4 is 10.4 Å². The number of benzene rings is 2. The highest BCUT2D eigenvalue weighted by atomic mass is 28.4. The van der Waals surface area contributed by atoms with Gasteiger partial charge < -0.3 is 9.16 Å². The lowest BCUT2D eigenvalue weighted by atomic mass is 9.75. The first-order valence-corrected chi connectivity index (χ1v) is 15.0. The topological polar surface area (TPSA) is 38.8 Å². The number of carbonyl (C=O) groups is 1. The van der Waals surface area contributed by atoms with Gasteiger partial charge in [0.2, 0.25) is 0 Å². The van der Waals surface area contributed by atoms with E-state index in [4.69, 9.17) is 9.16 Å². The molecule has 0 bridgehead atoms. The fourth-order valence-electron chi connectivity index (χ4n) is 7.21. The van der Waals surface area contributed by atoms with Crippen molar-refractivity contribution in [3.8, 4) is 0 Å². The molecule has 3 fully saturated rings. The number of piperidine rings is 1. The van der Waals surface area contributed by atoms with E-state index in [1.807, 2.05) is 0 Å². The van der Waals surface area contributed by atoms with Gasteiger partial charge in [0.25, 0.3) is 8.32 Å². The first kappa shape index (κ1) is 23.6. The van der Waals surface area contributed by atoms with E-state index in [-0.39, 0.29) is 16.7 Å². The predicted molar refractivity (Wildman–Crippen MR) is 139 cm³/mol. The number of nitrogens with zero attached hydrogens (tertiary/aromatic N) is 1. The molecule has 0 radical (unpaired) electrons. The van der Waals surface area contributed by atoms with Gasteiger partial charge in [-0.2, -0.15) is 0 Å². The molecule has 34 heavy (non-hydrogen) atoms. The van der Waals surface area contributed by atoms with Crippen molar-refractivity contribution in [2.45, 2.75) is 82.3 Å². The van der Waals surface area contributed by atoms with Gasteiger partial charge in [0.05, 0.1) is 12.1 Å². The van der Waals surface area contributed by atoms with Crippen LogP contribution in [0.25, 0.3) is 0 Å². The Morgan fingerprint density at radius 3 is 2.12 bits per heavy atom. The molecule has 1 spiro atoms. The van der Waals surface area contributed by atoms with Crippen molar-refractivity contribution in [2.75, 3.05) is 13.2 Å². The van der Waals surface area contributed by atoms with Crippen LogP contribution in [0.4, 0.5) is 4.79 Å². The van der Waals surface area contributed by atoms with Crippen molar-refractivity contribution < 1.29 is 14.0 Å². The zero-order chi connectivity index (χ0) is 23.8. The summed E-state index contributed by atoms with van der Waals surface area (Å²) in [6, 6.07) is 22.1. The fourth-order valence-corrected chi connectivity index (χ4v) is 11.8. The Kier molecular flexibility index (Phi) is 6.36. The maximum atomic E-state index is 13.0. The number of hydrogen-bond acceptors (Lipinski definition) is 3. The normalized spacial score (nSPS) is 27.5. The molecule has 3 aliphatic rings. The molecule has 2 aromatic rings. The van der Waals surface area contributed by atoms with E-state index in [1.165, 1.54) is 16.8 Å². The summed E-state index contributed by atoms with van der Waals surface area (Å²) in [5.74, 6) is 0.350. The van der Waals surface area contributed by atoms with Gasteiger partial charge in [0, 0.05) is 25.0 Å². The first-order valence-electron chi connectivity index (χ1n) is 13.1. The quantitative estimate of drug-likeness (QED) is 0.534. The third-order valence-electron chi connectivity index (χ3n) is 8.71. The van der Waals surface area contributed by atoms with Crippen LogP contribution in [0, 0.1) is 5.92 Å².